The van der Waals surface area contributed by atoms with Gasteiger partial charge in [-0.05, 0) is 25.3 Å². The fraction of sp³-hybridized carbons (Fsp3) is 0.467. The van der Waals surface area contributed by atoms with E-state index in [2.05, 4.69) is 10.3 Å². The van der Waals surface area contributed by atoms with Gasteiger partial charge >= 0.3 is 0 Å². The van der Waals surface area contributed by atoms with Gasteiger partial charge in [0.15, 0.2) is 5.96 Å². The molecule has 1 atom stereocenters. The van der Waals surface area contributed by atoms with Gasteiger partial charge in [0.05, 0.1) is 6.54 Å². The highest BCUT2D eigenvalue weighted by molar-refractivity contribution is 5.78. The maximum Gasteiger partial charge on any atom is 0.233 e. The smallest absolute Gasteiger partial charge is 0.233 e. The van der Waals surface area contributed by atoms with Gasteiger partial charge in [-0.1, -0.05) is 37.3 Å². The van der Waals surface area contributed by atoms with E-state index in [1.807, 2.05) is 44.2 Å². The van der Waals surface area contributed by atoms with Crippen molar-refractivity contribution in [1.82, 2.24) is 5.32 Å². The first kappa shape index (κ1) is 18.9. The van der Waals surface area contributed by atoms with Crippen LogP contribution in [0.25, 0.3) is 0 Å². The molecule has 1 rings (SSSR count). The van der Waals surface area contributed by atoms with Gasteiger partial charge in [-0.3, -0.25) is 9.79 Å². The van der Waals surface area contributed by atoms with Crippen molar-refractivity contribution in [2.45, 2.75) is 32.7 Å². The van der Waals surface area contributed by atoms with Crippen molar-refractivity contribution in [3.05, 3.63) is 35.9 Å². The number of aliphatic imine (C=N–C) groups is 1. The Hall–Kier alpha value is -2.08. The Labute approximate surface area is 126 Å². The molecule has 0 aromatic heterocycles. The summed E-state index contributed by atoms with van der Waals surface area (Å²) in [4.78, 5) is 14.7. The van der Waals surface area contributed by atoms with Gasteiger partial charge in [0.25, 0.3) is 0 Å². The van der Waals surface area contributed by atoms with E-state index in [1.54, 1.807) is 0 Å². The van der Waals surface area contributed by atoms with E-state index >= 15 is 0 Å². The zero-order valence-electron chi connectivity index (χ0n) is 12.9. The molecule has 1 aromatic rings. The van der Waals surface area contributed by atoms with Crippen molar-refractivity contribution in [3.8, 4) is 0 Å². The summed E-state index contributed by atoms with van der Waals surface area (Å²) in [5.74, 6) is 0.0790. The third kappa shape index (κ3) is 11.4. The molecule has 0 bridgehead atoms. The summed E-state index contributed by atoms with van der Waals surface area (Å²) in [6.07, 6.45) is 1.84. The lowest BCUT2D eigenvalue weighted by Gasteiger charge is -2.12. The van der Waals surface area contributed by atoms with Gasteiger partial charge in [0, 0.05) is 12.6 Å². The maximum atomic E-state index is 11.0. The fourth-order valence-electron chi connectivity index (χ4n) is 1.59. The van der Waals surface area contributed by atoms with Crippen LogP contribution in [0, 0.1) is 0 Å². The van der Waals surface area contributed by atoms with E-state index in [-0.39, 0.29) is 24.5 Å². The van der Waals surface area contributed by atoms with Crippen LogP contribution in [0.5, 0.6) is 0 Å². The molecule has 0 fully saturated rings. The van der Waals surface area contributed by atoms with E-state index in [0.29, 0.717) is 0 Å². The Balaban J connectivity index is 0.000000486. The van der Waals surface area contributed by atoms with Gasteiger partial charge in [-0.25, -0.2) is 0 Å². The Bertz CT molecular complexity index is 415. The number of guanidine groups is 1. The minimum atomic E-state index is -0.103. The Kier molecular flexibility index (Phi) is 10.6. The summed E-state index contributed by atoms with van der Waals surface area (Å²) in [5, 5.41) is 2.81. The zero-order chi connectivity index (χ0) is 16.1. The van der Waals surface area contributed by atoms with E-state index in [1.165, 1.54) is 5.56 Å². The Morgan fingerprint density at radius 1 is 1.29 bits per heavy atom. The molecule has 0 aliphatic carbocycles. The third-order valence-electron chi connectivity index (χ3n) is 2.50. The van der Waals surface area contributed by atoms with E-state index in [0.717, 1.165) is 19.4 Å². The lowest BCUT2D eigenvalue weighted by atomic mass is 10.1. The van der Waals surface area contributed by atoms with Gasteiger partial charge in [0.1, 0.15) is 0 Å². The Morgan fingerprint density at radius 2 is 1.90 bits per heavy atom. The monoisotopic (exact) mass is 293 g/mol. The van der Waals surface area contributed by atoms with Crippen LogP contribution in [0.2, 0.25) is 0 Å². The highest BCUT2D eigenvalue weighted by Crippen LogP contribution is 2.02. The molecule has 6 heteroatoms. The van der Waals surface area contributed by atoms with E-state index in [4.69, 9.17) is 17.2 Å². The van der Waals surface area contributed by atoms with Crippen LogP contribution in [-0.4, -0.2) is 31.0 Å². The largest absolute Gasteiger partial charge is 0.370 e. The second-order valence-corrected chi connectivity index (χ2v) is 4.67. The molecule has 0 unspecified atom stereocenters. The number of carbonyl (C=O) groups is 1. The van der Waals surface area contributed by atoms with Crippen LogP contribution >= 0.6 is 0 Å². The summed E-state index contributed by atoms with van der Waals surface area (Å²) in [6.45, 7) is 4.79. The number of nitrogens with one attached hydrogen (secondary N) is 1. The lowest BCUT2D eigenvalue weighted by Crippen LogP contribution is -2.38. The zero-order valence-corrected chi connectivity index (χ0v) is 12.9. The van der Waals surface area contributed by atoms with E-state index < -0.39 is 0 Å². The number of carbonyl (C=O) groups excluding carboxylic acids is 1. The number of amides is 1. The normalized spacial score (nSPS) is 10.8. The maximum absolute atomic E-state index is 11.0. The molecule has 21 heavy (non-hydrogen) atoms. The predicted octanol–water partition coefficient (Wildman–Crippen LogP) is 0.362. The third-order valence-corrected chi connectivity index (χ3v) is 2.50. The first-order chi connectivity index (χ1) is 9.99. The highest BCUT2D eigenvalue weighted by atomic mass is 16.1. The number of hydrogen-bond acceptors (Lipinski definition) is 3. The second kappa shape index (κ2) is 11.7. The van der Waals surface area contributed by atoms with Crippen LogP contribution in [0.4, 0.5) is 0 Å². The first-order valence-corrected chi connectivity index (χ1v) is 7.08. The lowest BCUT2D eigenvalue weighted by molar-refractivity contribution is -0.120. The number of nitrogens with two attached hydrogens (primary N) is 3. The highest BCUT2D eigenvalue weighted by Gasteiger charge is 2.05. The van der Waals surface area contributed by atoms with Gasteiger partial charge < -0.3 is 22.5 Å². The molecule has 1 aromatic carbocycles. The molecule has 0 aliphatic heterocycles. The number of hydrogen-bond donors (Lipinski definition) is 4. The standard InChI is InChI=1S/C11H16N2O.C4H11N3/c1-9(13-11(14)8-12)7-10-5-3-2-4-6-10;1-2-3-7-4(5)6/h2-6,9H,7-8,12H2,1H3,(H,13,14);2-3H2,1H3,(H4,5,6,7)/t9-;/m0./s1. The van der Waals surface area contributed by atoms with Crippen LogP contribution in [0.1, 0.15) is 25.8 Å². The van der Waals surface area contributed by atoms with Crippen LogP contribution in [0.15, 0.2) is 35.3 Å². The number of benzene rings is 1. The minimum Gasteiger partial charge on any atom is -0.370 e. The summed E-state index contributed by atoms with van der Waals surface area (Å²) in [5.41, 5.74) is 16.4. The minimum absolute atomic E-state index is 0.0547. The van der Waals surface area contributed by atoms with Crippen molar-refractivity contribution in [2.24, 2.45) is 22.2 Å². The molecular formula is C15H27N5O. The number of rotatable bonds is 6. The molecule has 118 valence electrons. The number of nitrogens with zero attached hydrogens (tertiary/aromatic N) is 1. The molecule has 0 saturated heterocycles. The van der Waals surface area contributed by atoms with Gasteiger partial charge in [-0.2, -0.15) is 0 Å². The van der Waals surface area contributed by atoms with Crippen molar-refractivity contribution in [2.75, 3.05) is 13.1 Å². The molecule has 0 saturated carbocycles. The summed E-state index contributed by atoms with van der Waals surface area (Å²) >= 11 is 0. The van der Waals surface area contributed by atoms with Crippen LogP contribution in [0.3, 0.4) is 0 Å². The average Bonchev–Trinajstić information content (AvgIpc) is 2.46. The molecular weight excluding hydrogens is 266 g/mol. The molecule has 0 spiro atoms. The van der Waals surface area contributed by atoms with Gasteiger partial charge in [-0.15, -0.1) is 0 Å². The summed E-state index contributed by atoms with van der Waals surface area (Å²) < 4.78 is 0. The molecule has 0 aliphatic rings. The van der Waals surface area contributed by atoms with Crippen molar-refractivity contribution in [1.29, 1.82) is 0 Å². The molecule has 6 nitrogen and oxygen atoms in total. The van der Waals surface area contributed by atoms with Crippen LogP contribution in [-0.2, 0) is 11.2 Å². The SMILES string of the molecule is CCCN=C(N)N.C[C@@H](Cc1ccccc1)NC(=O)CN. The topological polar surface area (TPSA) is 120 Å². The predicted molar refractivity (Wildman–Crippen MR) is 87.8 cm³/mol. The van der Waals surface area contributed by atoms with Gasteiger partial charge in [0.2, 0.25) is 5.91 Å². The first-order valence-electron chi connectivity index (χ1n) is 7.08. The van der Waals surface area contributed by atoms with Crippen LogP contribution < -0.4 is 22.5 Å². The Morgan fingerprint density at radius 3 is 2.33 bits per heavy atom. The molecule has 0 heterocycles. The van der Waals surface area contributed by atoms with E-state index in [9.17, 15) is 4.79 Å². The molecule has 7 N–H and O–H groups in total. The summed E-state index contributed by atoms with van der Waals surface area (Å²) in [6, 6.07) is 10.2. The van der Waals surface area contributed by atoms with Crippen molar-refractivity contribution < 1.29 is 4.79 Å². The second-order valence-electron chi connectivity index (χ2n) is 4.67. The molecule has 1 amide bonds. The quantitative estimate of drug-likeness (QED) is 0.447. The van der Waals surface area contributed by atoms with Crippen molar-refractivity contribution >= 4 is 11.9 Å². The average molecular weight is 293 g/mol. The van der Waals surface area contributed by atoms with Crippen molar-refractivity contribution in [3.63, 3.8) is 0 Å². The fourth-order valence-corrected chi connectivity index (χ4v) is 1.59. The summed E-state index contributed by atoms with van der Waals surface area (Å²) in [7, 11) is 0. The molecule has 0 radical (unpaired) electrons.